The van der Waals surface area contributed by atoms with Gasteiger partial charge in [0.15, 0.2) is 5.78 Å². The number of hydrogen-bond donors (Lipinski definition) is 0. The predicted octanol–water partition coefficient (Wildman–Crippen LogP) is 3.94. The number of fused-ring (bicyclic) bond motifs is 1. The third-order valence-corrected chi connectivity index (χ3v) is 4.46. The lowest BCUT2D eigenvalue weighted by molar-refractivity contribution is -0.118. The summed E-state index contributed by atoms with van der Waals surface area (Å²) in [6.07, 6.45) is 2.67. The fraction of sp³-hybridized carbons (Fsp3) is 0.300. The number of aryl methyl sites for hydroxylation is 2. The lowest BCUT2D eigenvalue weighted by atomic mass is 9.99. The third-order valence-electron chi connectivity index (χ3n) is 4.46. The minimum Gasteiger partial charge on any atom is -0.311 e. The molecular formula is C20H21NO2. The van der Waals surface area contributed by atoms with Crippen molar-refractivity contribution < 1.29 is 9.59 Å². The van der Waals surface area contributed by atoms with Crippen molar-refractivity contribution in [1.29, 1.82) is 0 Å². The van der Waals surface area contributed by atoms with Gasteiger partial charge in [-0.2, -0.15) is 0 Å². The maximum atomic E-state index is 12.6. The van der Waals surface area contributed by atoms with Gasteiger partial charge in [0, 0.05) is 24.9 Å². The first-order valence-electron chi connectivity index (χ1n) is 8.14. The molecule has 0 fully saturated rings. The molecule has 3 heteroatoms. The van der Waals surface area contributed by atoms with E-state index in [0.717, 1.165) is 18.5 Å². The van der Waals surface area contributed by atoms with Crippen LogP contribution in [-0.2, 0) is 11.2 Å². The Morgan fingerprint density at radius 3 is 2.65 bits per heavy atom. The first-order valence-corrected chi connectivity index (χ1v) is 8.14. The fourth-order valence-electron chi connectivity index (χ4n) is 3.13. The van der Waals surface area contributed by atoms with Crippen molar-refractivity contribution in [3.8, 4) is 0 Å². The van der Waals surface area contributed by atoms with Crippen LogP contribution in [0.25, 0.3) is 0 Å². The second kappa shape index (κ2) is 6.78. The van der Waals surface area contributed by atoms with Gasteiger partial charge in [-0.05, 0) is 43.0 Å². The molecule has 0 N–H and O–H groups in total. The maximum Gasteiger partial charge on any atom is 0.227 e. The van der Waals surface area contributed by atoms with Crippen LogP contribution in [0.5, 0.6) is 0 Å². The number of Topliss-reactive ketones (excluding diaryl/α,β-unsaturated/α-hetero) is 1. The summed E-state index contributed by atoms with van der Waals surface area (Å²) < 4.78 is 0. The van der Waals surface area contributed by atoms with Gasteiger partial charge in [-0.25, -0.2) is 0 Å². The molecule has 0 unspecified atom stereocenters. The molecule has 23 heavy (non-hydrogen) atoms. The van der Waals surface area contributed by atoms with E-state index in [0.29, 0.717) is 24.9 Å². The standard InChI is InChI=1S/C20H21NO2/c1-15-7-2-3-8-16(15)9-6-12-20(23)21-14-13-19(22)17-10-4-5-11-18(17)21/h2-5,7-8,10-11H,6,9,12-14H2,1H3. The van der Waals surface area contributed by atoms with Crippen molar-refractivity contribution in [2.75, 3.05) is 11.4 Å². The van der Waals surface area contributed by atoms with Crippen LogP contribution in [0, 0.1) is 6.92 Å². The molecular weight excluding hydrogens is 286 g/mol. The molecule has 0 saturated carbocycles. The van der Waals surface area contributed by atoms with Gasteiger partial charge in [0.05, 0.1) is 5.69 Å². The van der Waals surface area contributed by atoms with Crippen LogP contribution in [-0.4, -0.2) is 18.2 Å². The fourth-order valence-corrected chi connectivity index (χ4v) is 3.13. The van der Waals surface area contributed by atoms with E-state index in [1.54, 1.807) is 4.90 Å². The number of amides is 1. The van der Waals surface area contributed by atoms with Crippen LogP contribution in [0.3, 0.4) is 0 Å². The zero-order valence-electron chi connectivity index (χ0n) is 13.4. The number of benzene rings is 2. The summed E-state index contributed by atoms with van der Waals surface area (Å²) in [7, 11) is 0. The lowest BCUT2D eigenvalue weighted by Gasteiger charge is -2.28. The molecule has 1 aliphatic heterocycles. The Bertz CT molecular complexity index is 736. The number of hydrogen-bond acceptors (Lipinski definition) is 2. The highest BCUT2D eigenvalue weighted by Crippen LogP contribution is 2.27. The van der Waals surface area contributed by atoms with Crippen LogP contribution in [0.4, 0.5) is 5.69 Å². The minimum atomic E-state index is 0.110. The highest BCUT2D eigenvalue weighted by Gasteiger charge is 2.26. The van der Waals surface area contributed by atoms with E-state index in [1.807, 2.05) is 36.4 Å². The van der Waals surface area contributed by atoms with Gasteiger partial charge in [0.25, 0.3) is 0 Å². The second-order valence-corrected chi connectivity index (χ2v) is 6.02. The lowest BCUT2D eigenvalue weighted by Crippen LogP contribution is -2.37. The first-order chi connectivity index (χ1) is 11.2. The number of para-hydroxylation sites is 1. The smallest absolute Gasteiger partial charge is 0.227 e. The number of nitrogens with zero attached hydrogens (tertiary/aromatic N) is 1. The Hall–Kier alpha value is -2.42. The Labute approximate surface area is 136 Å². The van der Waals surface area contributed by atoms with E-state index in [2.05, 4.69) is 19.1 Å². The topological polar surface area (TPSA) is 37.4 Å². The van der Waals surface area contributed by atoms with Crippen molar-refractivity contribution >= 4 is 17.4 Å². The molecule has 0 saturated heterocycles. The highest BCUT2D eigenvalue weighted by molar-refractivity contribution is 6.08. The number of carbonyl (C=O) groups excluding carboxylic acids is 2. The normalized spacial score (nSPS) is 13.8. The van der Waals surface area contributed by atoms with Crippen LogP contribution in [0.15, 0.2) is 48.5 Å². The molecule has 1 heterocycles. The summed E-state index contributed by atoms with van der Waals surface area (Å²) in [4.78, 5) is 26.3. The largest absolute Gasteiger partial charge is 0.311 e. The van der Waals surface area contributed by atoms with E-state index in [9.17, 15) is 9.59 Å². The zero-order valence-corrected chi connectivity index (χ0v) is 13.4. The number of ketones is 1. The summed E-state index contributed by atoms with van der Waals surface area (Å²) in [6, 6.07) is 15.7. The van der Waals surface area contributed by atoms with E-state index in [4.69, 9.17) is 0 Å². The zero-order chi connectivity index (χ0) is 16.2. The molecule has 0 aromatic heterocycles. The summed E-state index contributed by atoms with van der Waals surface area (Å²) >= 11 is 0. The third kappa shape index (κ3) is 3.34. The van der Waals surface area contributed by atoms with Gasteiger partial charge in [-0.1, -0.05) is 36.4 Å². The Kier molecular flexibility index (Phi) is 4.56. The van der Waals surface area contributed by atoms with Crippen molar-refractivity contribution in [3.05, 3.63) is 65.2 Å². The predicted molar refractivity (Wildman–Crippen MR) is 91.9 cm³/mol. The molecule has 0 atom stereocenters. The van der Waals surface area contributed by atoms with Crippen molar-refractivity contribution in [2.45, 2.75) is 32.6 Å². The quantitative estimate of drug-likeness (QED) is 0.858. The molecule has 2 aromatic carbocycles. The average Bonchev–Trinajstić information content (AvgIpc) is 2.57. The number of carbonyl (C=O) groups is 2. The van der Waals surface area contributed by atoms with E-state index >= 15 is 0 Å². The Morgan fingerprint density at radius 1 is 1.09 bits per heavy atom. The van der Waals surface area contributed by atoms with Crippen LogP contribution >= 0.6 is 0 Å². The molecule has 1 aliphatic rings. The van der Waals surface area contributed by atoms with Gasteiger partial charge in [0.2, 0.25) is 5.91 Å². The summed E-state index contributed by atoms with van der Waals surface area (Å²) in [5, 5.41) is 0. The van der Waals surface area contributed by atoms with Crippen molar-refractivity contribution in [1.82, 2.24) is 0 Å². The van der Waals surface area contributed by atoms with Gasteiger partial charge in [0.1, 0.15) is 0 Å². The first kappa shape index (κ1) is 15.5. The molecule has 3 rings (SSSR count). The number of rotatable bonds is 4. The SMILES string of the molecule is Cc1ccccc1CCCC(=O)N1CCC(=O)c2ccccc21. The van der Waals surface area contributed by atoms with E-state index in [1.165, 1.54) is 11.1 Å². The molecule has 3 nitrogen and oxygen atoms in total. The van der Waals surface area contributed by atoms with E-state index < -0.39 is 0 Å². The van der Waals surface area contributed by atoms with Gasteiger partial charge < -0.3 is 4.90 Å². The van der Waals surface area contributed by atoms with Crippen LogP contribution < -0.4 is 4.90 Å². The molecule has 1 amide bonds. The highest BCUT2D eigenvalue weighted by atomic mass is 16.2. The summed E-state index contributed by atoms with van der Waals surface area (Å²) in [5.74, 6) is 0.239. The molecule has 0 aliphatic carbocycles. The van der Waals surface area contributed by atoms with Crippen LogP contribution in [0.2, 0.25) is 0 Å². The van der Waals surface area contributed by atoms with Gasteiger partial charge in [-0.3, -0.25) is 9.59 Å². The maximum absolute atomic E-state index is 12.6. The second-order valence-electron chi connectivity index (χ2n) is 6.02. The molecule has 0 radical (unpaired) electrons. The molecule has 0 bridgehead atoms. The molecule has 0 spiro atoms. The van der Waals surface area contributed by atoms with Crippen LogP contribution in [0.1, 0.15) is 40.7 Å². The Balaban J connectivity index is 1.64. The minimum absolute atomic E-state index is 0.110. The van der Waals surface area contributed by atoms with E-state index in [-0.39, 0.29) is 11.7 Å². The monoisotopic (exact) mass is 307 g/mol. The molecule has 118 valence electrons. The Morgan fingerprint density at radius 2 is 1.83 bits per heavy atom. The van der Waals surface area contributed by atoms with Gasteiger partial charge >= 0.3 is 0 Å². The summed E-state index contributed by atoms with van der Waals surface area (Å²) in [5.41, 5.74) is 4.01. The van der Waals surface area contributed by atoms with Gasteiger partial charge in [-0.15, -0.1) is 0 Å². The van der Waals surface area contributed by atoms with Crippen molar-refractivity contribution in [2.24, 2.45) is 0 Å². The summed E-state index contributed by atoms with van der Waals surface area (Å²) in [6.45, 7) is 2.60. The average molecular weight is 307 g/mol. The number of anilines is 1. The molecule has 2 aromatic rings. The van der Waals surface area contributed by atoms with Crippen molar-refractivity contribution in [3.63, 3.8) is 0 Å².